The van der Waals surface area contributed by atoms with Crippen molar-refractivity contribution in [3.63, 3.8) is 0 Å². The fraction of sp³-hybridized carbons (Fsp3) is 0.222. The molecule has 0 heterocycles. The molecule has 1 aromatic carbocycles. The lowest BCUT2D eigenvalue weighted by Gasteiger charge is -2.10. The maximum absolute atomic E-state index is 11.5. The number of hydrogen-bond donors (Lipinski definition) is 0. The normalized spacial score (nSPS) is 9.71. The Bertz CT molecular complexity index is 363. The van der Waals surface area contributed by atoms with E-state index in [9.17, 15) is 4.79 Å². The highest BCUT2D eigenvalue weighted by Gasteiger charge is 2.18. The largest absolute Gasteiger partial charge is 0.495 e. The molecule has 0 aliphatic heterocycles. The van der Waals surface area contributed by atoms with Crippen LogP contribution in [0, 0.1) is 7.14 Å². The summed E-state index contributed by atoms with van der Waals surface area (Å²) >= 11 is 4.20. The van der Waals surface area contributed by atoms with Crippen LogP contribution in [0.25, 0.3) is 0 Å². The lowest BCUT2D eigenvalue weighted by Crippen LogP contribution is -2.07. The van der Waals surface area contributed by atoms with E-state index in [2.05, 4.69) is 49.9 Å². The van der Waals surface area contributed by atoms with Crippen LogP contribution in [0.2, 0.25) is 0 Å². The van der Waals surface area contributed by atoms with E-state index < -0.39 is 0 Å². The Kier molecular flexibility index (Phi) is 4.42. The van der Waals surface area contributed by atoms with E-state index in [-0.39, 0.29) is 5.97 Å². The first-order valence-corrected chi connectivity index (χ1v) is 5.88. The van der Waals surface area contributed by atoms with E-state index in [1.165, 1.54) is 7.11 Å². The Morgan fingerprint density at radius 2 is 1.79 bits per heavy atom. The second-order valence-electron chi connectivity index (χ2n) is 2.43. The molecule has 1 aromatic rings. The summed E-state index contributed by atoms with van der Waals surface area (Å²) in [4.78, 5) is 11.5. The Balaban J connectivity index is 3.37. The van der Waals surface area contributed by atoms with Gasteiger partial charge in [0.2, 0.25) is 0 Å². The number of esters is 1. The van der Waals surface area contributed by atoms with Crippen LogP contribution in [0.5, 0.6) is 5.75 Å². The van der Waals surface area contributed by atoms with E-state index in [1.807, 2.05) is 12.1 Å². The molecule has 0 fully saturated rings. The number of hydrogen-bond acceptors (Lipinski definition) is 3. The van der Waals surface area contributed by atoms with Gasteiger partial charge in [0.05, 0.1) is 17.8 Å². The standard InChI is InChI=1S/C9H8I2O3/c1-13-8-6(11)4-3-5(10)7(8)9(12)14-2/h3-4H,1-2H3. The minimum atomic E-state index is -0.371. The zero-order valence-electron chi connectivity index (χ0n) is 7.64. The molecule has 0 aromatic heterocycles. The van der Waals surface area contributed by atoms with Crippen molar-refractivity contribution >= 4 is 51.2 Å². The minimum absolute atomic E-state index is 0.371. The maximum atomic E-state index is 11.5. The summed E-state index contributed by atoms with van der Waals surface area (Å²) in [6.45, 7) is 0. The lowest BCUT2D eigenvalue weighted by atomic mass is 10.2. The van der Waals surface area contributed by atoms with Gasteiger partial charge < -0.3 is 9.47 Å². The summed E-state index contributed by atoms with van der Waals surface area (Å²) in [6, 6.07) is 3.75. The van der Waals surface area contributed by atoms with Gasteiger partial charge in [0.1, 0.15) is 11.3 Å². The number of methoxy groups -OCH3 is 2. The third kappa shape index (κ3) is 2.30. The monoisotopic (exact) mass is 418 g/mol. The van der Waals surface area contributed by atoms with Gasteiger partial charge in [-0.15, -0.1) is 0 Å². The molecule has 0 saturated carbocycles. The topological polar surface area (TPSA) is 35.5 Å². The van der Waals surface area contributed by atoms with Crippen molar-refractivity contribution < 1.29 is 14.3 Å². The molecule has 0 N–H and O–H groups in total. The summed E-state index contributed by atoms with van der Waals surface area (Å²) in [5.74, 6) is 0.203. The summed E-state index contributed by atoms with van der Waals surface area (Å²) in [6.07, 6.45) is 0. The zero-order chi connectivity index (χ0) is 10.7. The molecule has 14 heavy (non-hydrogen) atoms. The molecule has 0 aliphatic carbocycles. The van der Waals surface area contributed by atoms with E-state index in [0.29, 0.717) is 11.3 Å². The lowest BCUT2D eigenvalue weighted by molar-refractivity contribution is 0.0595. The molecule has 0 aliphatic rings. The van der Waals surface area contributed by atoms with Crippen LogP contribution in [-0.4, -0.2) is 20.2 Å². The molecule has 0 atom stereocenters. The smallest absolute Gasteiger partial charge is 0.342 e. The first-order valence-electron chi connectivity index (χ1n) is 3.72. The zero-order valence-corrected chi connectivity index (χ0v) is 12.0. The van der Waals surface area contributed by atoms with Crippen molar-refractivity contribution in [1.29, 1.82) is 0 Å². The quantitative estimate of drug-likeness (QED) is 0.548. The van der Waals surface area contributed by atoms with Gasteiger partial charge in [-0.25, -0.2) is 4.79 Å². The van der Waals surface area contributed by atoms with Gasteiger partial charge in [0.25, 0.3) is 0 Å². The summed E-state index contributed by atoms with van der Waals surface area (Å²) < 4.78 is 11.6. The molecule has 0 unspecified atom stereocenters. The van der Waals surface area contributed by atoms with Crippen LogP contribution in [0.3, 0.4) is 0 Å². The van der Waals surface area contributed by atoms with Gasteiger partial charge in [0.15, 0.2) is 0 Å². The number of carbonyl (C=O) groups excluding carboxylic acids is 1. The second-order valence-corrected chi connectivity index (χ2v) is 4.75. The Morgan fingerprint density at radius 3 is 2.29 bits per heavy atom. The minimum Gasteiger partial charge on any atom is -0.495 e. The van der Waals surface area contributed by atoms with E-state index >= 15 is 0 Å². The fourth-order valence-electron chi connectivity index (χ4n) is 1.03. The summed E-state index contributed by atoms with van der Waals surface area (Å²) in [5, 5.41) is 0. The molecule has 0 radical (unpaired) electrons. The van der Waals surface area contributed by atoms with Gasteiger partial charge in [-0.1, -0.05) is 0 Å². The van der Waals surface area contributed by atoms with Crippen LogP contribution >= 0.6 is 45.2 Å². The molecule has 76 valence electrons. The number of benzene rings is 1. The molecule has 5 heteroatoms. The van der Waals surface area contributed by atoms with Gasteiger partial charge in [-0.2, -0.15) is 0 Å². The van der Waals surface area contributed by atoms with Gasteiger partial charge in [-0.05, 0) is 57.3 Å². The van der Waals surface area contributed by atoms with E-state index in [4.69, 9.17) is 4.74 Å². The highest BCUT2D eigenvalue weighted by Crippen LogP contribution is 2.29. The van der Waals surface area contributed by atoms with Crippen molar-refractivity contribution in [3.05, 3.63) is 24.8 Å². The highest BCUT2D eigenvalue weighted by molar-refractivity contribution is 14.1. The molecule has 3 nitrogen and oxygen atoms in total. The molecular weight excluding hydrogens is 410 g/mol. The molecule has 0 saturated heterocycles. The predicted octanol–water partition coefficient (Wildman–Crippen LogP) is 2.69. The number of halogens is 2. The first kappa shape index (κ1) is 12.0. The third-order valence-corrected chi connectivity index (χ3v) is 3.40. The van der Waals surface area contributed by atoms with E-state index in [0.717, 1.165) is 7.14 Å². The fourth-order valence-corrected chi connectivity index (χ4v) is 2.34. The number of rotatable bonds is 2. The van der Waals surface area contributed by atoms with Gasteiger partial charge in [-0.3, -0.25) is 0 Å². The SMILES string of the molecule is COC(=O)c1c(I)ccc(I)c1OC. The van der Waals surface area contributed by atoms with Crippen LogP contribution in [0.4, 0.5) is 0 Å². The number of carbonyl (C=O) groups is 1. The molecule has 0 spiro atoms. The van der Waals surface area contributed by atoms with Crippen molar-refractivity contribution in [2.24, 2.45) is 0 Å². The van der Waals surface area contributed by atoms with Crippen molar-refractivity contribution in [1.82, 2.24) is 0 Å². The average molecular weight is 418 g/mol. The van der Waals surface area contributed by atoms with E-state index in [1.54, 1.807) is 7.11 Å². The molecule has 0 bridgehead atoms. The van der Waals surface area contributed by atoms with Gasteiger partial charge in [0, 0.05) is 3.57 Å². The van der Waals surface area contributed by atoms with Gasteiger partial charge >= 0.3 is 5.97 Å². The van der Waals surface area contributed by atoms with Crippen LogP contribution in [0.15, 0.2) is 12.1 Å². The third-order valence-electron chi connectivity index (χ3n) is 1.65. The second kappa shape index (κ2) is 5.15. The highest BCUT2D eigenvalue weighted by atomic mass is 127. The average Bonchev–Trinajstić information content (AvgIpc) is 2.19. The Morgan fingerprint density at radius 1 is 1.21 bits per heavy atom. The maximum Gasteiger partial charge on any atom is 0.342 e. The van der Waals surface area contributed by atoms with Crippen molar-refractivity contribution in [2.75, 3.05) is 14.2 Å². The Labute approximate surface area is 109 Å². The first-order chi connectivity index (χ1) is 6.61. The van der Waals surface area contributed by atoms with Crippen LogP contribution in [0.1, 0.15) is 10.4 Å². The van der Waals surface area contributed by atoms with Crippen LogP contribution < -0.4 is 4.74 Å². The summed E-state index contributed by atoms with van der Waals surface area (Å²) in [5.41, 5.74) is 0.488. The number of ether oxygens (including phenoxy) is 2. The molecule has 0 amide bonds. The molecular formula is C9H8I2O3. The van der Waals surface area contributed by atoms with Crippen molar-refractivity contribution in [2.45, 2.75) is 0 Å². The predicted molar refractivity (Wildman–Crippen MR) is 69.8 cm³/mol. The summed E-state index contributed by atoms with van der Waals surface area (Å²) in [7, 11) is 2.90. The molecule has 1 rings (SSSR count). The van der Waals surface area contributed by atoms with Crippen molar-refractivity contribution in [3.8, 4) is 5.75 Å². The van der Waals surface area contributed by atoms with Crippen LogP contribution in [-0.2, 0) is 4.74 Å². The Hall–Kier alpha value is -0.0500.